The fraction of sp³-hybridized carbons (Fsp3) is 0.480. The van der Waals surface area contributed by atoms with Crippen molar-refractivity contribution in [2.45, 2.75) is 46.8 Å². The number of H-pyrrole nitrogens is 1. The summed E-state index contributed by atoms with van der Waals surface area (Å²) in [4.78, 5) is 41.9. The maximum atomic E-state index is 13.3. The zero-order valence-corrected chi connectivity index (χ0v) is 20.9. The van der Waals surface area contributed by atoms with Gasteiger partial charge < -0.3 is 19.9 Å². The van der Waals surface area contributed by atoms with E-state index in [1.807, 2.05) is 39.8 Å². The van der Waals surface area contributed by atoms with Gasteiger partial charge in [-0.3, -0.25) is 24.0 Å². The van der Waals surface area contributed by atoms with E-state index in [1.165, 1.54) is 22.7 Å². The molecule has 0 spiro atoms. The number of nitrogens with two attached hydrogens (primary N) is 1. The van der Waals surface area contributed by atoms with Crippen molar-refractivity contribution in [1.82, 2.24) is 9.55 Å². The second-order valence-corrected chi connectivity index (χ2v) is 8.88. The zero-order chi connectivity index (χ0) is 25.7. The molecule has 1 aliphatic heterocycles. The third-order valence-corrected chi connectivity index (χ3v) is 5.55. The second kappa shape index (κ2) is 11.3. The van der Waals surface area contributed by atoms with Crippen LogP contribution in [0.25, 0.3) is 6.08 Å². The largest absolute Gasteiger partial charge is 0.493 e. The number of carbonyl (C=O) groups excluding carboxylic acids is 1. The maximum Gasteiger partial charge on any atom is 0.330 e. The van der Waals surface area contributed by atoms with E-state index in [1.54, 1.807) is 6.08 Å². The fourth-order valence-electron chi connectivity index (χ4n) is 4.02. The standard InChI is InChI=1S/C25H34N4O6/c1-6-34-19-13-18-11-16(4)35-20(18)12-17(19)7-8-21(30)28(9-10-33-5)22-23(26)29(14-15(2)3)25(32)27-24(22)31/h7-8,12-13,15-16H,6,9-11,14,26H2,1-5H3,(H,27,31,32)/b8-7+. The Hall–Kier alpha value is -3.53. The molecule has 190 valence electrons. The number of rotatable bonds is 10. The smallest absolute Gasteiger partial charge is 0.330 e. The van der Waals surface area contributed by atoms with Crippen LogP contribution in [-0.2, 0) is 22.5 Å². The molecule has 2 aromatic rings. The highest BCUT2D eigenvalue weighted by molar-refractivity contribution is 6.05. The fourth-order valence-corrected chi connectivity index (χ4v) is 4.02. The molecular formula is C25H34N4O6. The summed E-state index contributed by atoms with van der Waals surface area (Å²) < 4.78 is 18.0. The Morgan fingerprint density at radius 1 is 1.37 bits per heavy atom. The number of hydrogen-bond donors (Lipinski definition) is 2. The molecule has 1 amide bonds. The first kappa shape index (κ1) is 26.1. The number of benzene rings is 1. The first-order valence-corrected chi connectivity index (χ1v) is 11.7. The number of carbonyl (C=O) groups is 1. The van der Waals surface area contributed by atoms with Crippen LogP contribution in [-0.4, -0.2) is 48.4 Å². The second-order valence-electron chi connectivity index (χ2n) is 8.88. The molecule has 35 heavy (non-hydrogen) atoms. The molecular weight excluding hydrogens is 452 g/mol. The summed E-state index contributed by atoms with van der Waals surface area (Å²) in [5, 5.41) is 0. The van der Waals surface area contributed by atoms with Gasteiger partial charge in [-0.15, -0.1) is 0 Å². The topological polar surface area (TPSA) is 129 Å². The van der Waals surface area contributed by atoms with Crippen LogP contribution in [0.4, 0.5) is 11.5 Å². The molecule has 0 saturated carbocycles. The summed E-state index contributed by atoms with van der Waals surface area (Å²) in [5.74, 6) is 0.926. The van der Waals surface area contributed by atoms with Crippen molar-refractivity contribution in [3.8, 4) is 11.5 Å². The average molecular weight is 487 g/mol. The van der Waals surface area contributed by atoms with Crippen LogP contribution in [0, 0.1) is 5.92 Å². The Bertz CT molecular complexity index is 1210. The first-order valence-electron chi connectivity index (χ1n) is 11.7. The lowest BCUT2D eigenvalue weighted by molar-refractivity contribution is -0.114. The molecule has 0 radical (unpaired) electrons. The molecule has 3 rings (SSSR count). The summed E-state index contributed by atoms with van der Waals surface area (Å²) in [6.07, 6.45) is 3.82. The Morgan fingerprint density at radius 3 is 2.77 bits per heavy atom. The lowest BCUT2D eigenvalue weighted by atomic mass is 10.1. The van der Waals surface area contributed by atoms with Crippen LogP contribution >= 0.6 is 0 Å². The van der Waals surface area contributed by atoms with Gasteiger partial charge in [-0.25, -0.2) is 4.79 Å². The van der Waals surface area contributed by atoms with E-state index in [2.05, 4.69) is 4.98 Å². The number of nitrogens with zero attached hydrogens (tertiary/aromatic N) is 2. The van der Waals surface area contributed by atoms with Gasteiger partial charge in [0.2, 0.25) is 0 Å². The number of methoxy groups -OCH3 is 1. The molecule has 1 aliphatic rings. The Kier molecular flexibility index (Phi) is 8.39. The monoisotopic (exact) mass is 486 g/mol. The van der Waals surface area contributed by atoms with Gasteiger partial charge in [-0.2, -0.15) is 0 Å². The molecule has 0 bridgehead atoms. The van der Waals surface area contributed by atoms with E-state index in [0.29, 0.717) is 24.5 Å². The molecule has 1 atom stereocenters. The number of fused-ring (bicyclic) bond motifs is 1. The molecule has 1 unspecified atom stereocenters. The summed E-state index contributed by atoms with van der Waals surface area (Å²) in [7, 11) is 1.49. The maximum absolute atomic E-state index is 13.3. The number of aromatic amines is 1. The summed E-state index contributed by atoms with van der Waals surface area (Å²) >= 11 is 0. The Labute approximate surface area is 204 Å². The van der Waals surface area contributed by atoms with Gasteiger partial charge in [0, 0.05) is 43.8 Å². The molecule has 1 aromatic carbocycles. The number of hydrogen-bond acceptors (Lipinski definition) is 7. The quantitative estimate of drug-likeness (QED) is 0.493. The van der Waals surface area contributed by atoms with Crippen LogP contribution in [0.1, 0.15) is 38.8 Å². The van der Waals surface area contributed by atoms with Crippen molar-refractivity contribution in [3.05, 3.63) is 50.2 Å². The van der Waals surface area contributed by atoms with Gasteiger partial charge >= 0.3 is 5.69 Å². The van der Waals surface area contributed by atoms with Crippen molar-refractivity contribution < 1.29 is 19.0 Å². The molecule has 10 heteroatoms. The first-order chi connectivity index (χ1) is 16.7. The van der Waals surface area contributed by atoms with Crippen LogP contribution in [0.15, 0.2) is 27.8 Å². The van der Waals surface area contributed by atoms with E-state index in [9.17, 15) is 14.4 Å². The predicted molar refractivity (Wildman–Crippen MR) is 135 cm³/mol. The number of amides is 1. The molecule has 1 aromatic heterocycles. The van der Waals surface area contributed by atoms with E-state index >= 15 is 0 Å². The van der Waals surface area contributed by atoms with Crippen molar-refractivity contribution in [3.63, 3.8) is 0 Å². The van der Waals surface area contributed by atoms with Crippen molar-refractivity contribution in [2.75, 3.05) is 37.5 Å². The van der Waals surface area contributed by atoms with Crippen LogP contribution < -0.4 is 31.4 Å². The summed E-state index contributed by atoms with van der Waals surface area (Å²) in [6, 6.07) is 3.77. The van der Waals surface area contributed by atoms with E-state index < -0.39 is 17.2 Å². The van der Waals surface area contributed by atoms with Crippen molar-refractivity contribution in [1.29, 1.82) is 0 Å². The van der Waals surface area contributed by atoms with E-state index in [-0.39, 0.29) is 36.7 Å². The van der Waals surface area contributed by atoms with Gasteiger partial charge in [-0.1, -0.05) is 13.8 Å². The van der Waals surface area contributed by atoms with Gasteiger partial charge in [0.15, 0.2) is 5.69 Å². The summed E-state index contributed by atoms with van der Waals surface area (Å²) in [5.41, 5.74) is 6.52. The predicted octanol–water partition coefficient (Wildman–Crippen LogP) is 2.19. The highest BCUT2D eigenvalue weighted by Gasteiger charge is 2.24. The Balaban J connectivity index is 2.01. The molecule has 0 fully saturated rings. The molecule has 3 N–H and O–H groups in total. The van der Waals surface area contributed by atoms with Crippen LogP contribution in [0.5, 0.6) is 11.5 Å². The summed E-state index contributed by atoms with van der Waals surface area (Å²) in [6.45, 7) is 8.71. The normalized spacial score (nSPS) is 14.9. The third kappa shape index (κ3) is 5.94. The van der Waals surface area contributed by atoms with Gasteiger partial charge in [0.05, 0.1) is 13.2 Å². The van der Waals surface area contributed by atoms with Crippen molar-refractivity contribution in [2.24, 2.45) is 5.92 Å². The van der Waals surface area contributed by atoms with Gasteiger partial charge in [0.25, 0.3) is 11.5 Å². The minimum atomic E-state index is -0.736. The highest BCUT2D eigenvalue weighted by Crippen LogP contribution is 2.35. The molecule has 10 nitrogen and oxygen atoms in total. The number of aromatic nitrogens is 2. The lowest BCUT2D eigenvalue weighted by Gasteiger charge is -2.23. The minimum absolute atomic E-state index is 0.0654. The van der Waals surface area contributed by atoms with E-state index in [0.717, 1.165) is 17.7 Å². The highest BCUT2D eigenvalue weighted by atomic mass is 16.5. The third-order valence-electron chi connectivity index (χ3n) is 5.55. The average Bonchev–Trinajstić information content (AvgIpc) is 3.15. The number of nitrogens with one attached hydrogen (secondary N) is 1. The van der Waals surface area contributed by atoms with Crippen LogP contribution in [0.3, 0.4) is 0 Å². The van der Waals surface area contributed by atoms with Gasteiger partial charge in [0.1, 0.15) is 23.4 Å². The van der Waals surface area contributed by atoms with Gasteiger partial charge in [-0.05, 0) is 38.0 Å². The van der Waals surface area contributed by atoms with E-state index in [4.69, 9.17) is 19.9 Å². The number of ether oxygens (including phenoxy) is 3. The Morgan fingerprint density at radius 2 is 2.11 bits per heavy atom. The number of anilines is 2. The SMILES string of the molecule is CCOc1cc2c(cc1/C=C/C(=O)N(CCOC)c1c(N)n(CC(C)C)c(=O)[nH]c1=O)OC(C)C2. The number of nitrogen functional groups attached to an aromatic ring is 1. The van der Waals surface area contributed by atoms with Crippen LogP contribution in [0.2, 0.25) is 0 Å². The molecule has 0 saturated heterocycles. The molecule has 2 heterocycles. The molecule has 0 aliphatic carbocycles. The lowest BCUT2D eigenvalue weighted by Crippen LogP contribution is -2.42. The minimum Gasteiger partial charge on any atom is -0.493 e. The van der Waals surface area contributed by atoms with Crippen molar-refractivity contribution >= 4 is 23.5 Å². The zero-order valence-electron chi connectivity index (χ0n) is 20.9.